The molecule has 0 amide bonds. The summed E-state index contributed by atoms with van der Waals surface area (Å²) in [6.45, 7) is 2.42. The summed E-state index contributed by atoms with van der Waals surface area (Å²) < 4.78 is 0. The van der Waals surface area contributed by atoms with Crippen molar-refractivity contribution >= 4 is 34.4 Å². The topological polar surface area (TPSA) is 53.4 Å². The van der Waals surface area contributed by atoms with E-state index in [1.807, 2.05) is 11.9 Å². The maximum Gasteiger partial charge on any atom is 0.187 e. The molecular formula is C9H13ClN2O2S. The van der Waals surface area contributed by atoms with Crippen LogP contribution in [0.25, 0.3) is 0 Å². The summed E-state index contributed by atoms with van der Waals surface area (Å²) in [5, 5.41) is 10.1. The lowest BCUT2D eigenvalue weighted by molar-refractivity contribution is 0.112. The number of carbonyl (C=O) groups is 1. The van der Waals surface area contributed by atoms with Gasteiger partial charge in [-0.2, -0.15) is 0 Å². The maximum atomic E-state index is 10.6. The van der Waals surface area contributed by atoms with Crippen molar-refractivity contribution in [2.24, 2.45) is 0 Å². The van der Waals surface area contributed by atoms with E-state index in [0.717, 1.165) is 0 Å². The van der Waals surface area contributed by atoms with Crippen LogP contribution in [0.5, 0.6) is 0 Å². The molecule has 84 valence electrons. The Bertz CT molecular complexity index is 341. The highest BCUT2D eigenvalue weighted by molar-refractivity contribution is 7.17. The summed E-state index contributed by atoms with van der Waals surface area (Å²) in [5.74, 6) is 0. The van der Waals surface area contributed by atoms with Crippen LogP contribution in [-0.4, -0.2) is 36.1 Å². The summed E-state index contributed by atoms with van der Waals surface area (Å²) in [4.78, 5) is 16.9. The quantitative estimate of drug-likeness (QED) is 0.808. The number of hydrogen-bond acceptors (Lipinski definition) is 5. The Morgan fingerprint density at radius 1 is 1.73 bits per heavy atom. The van der Waals surface area contributed by atoms with Gasteiger partial charge >= 0.3 is 0 Å². The molecule has 15 heavy (non-hydrogen) atoms. The Hall–Kier alpha value is -0.650. The Balaban J connectivity index is 2.65. The Kier molecular flexibility index (Phi) is 4.50. The van der Waals surface area contributed by atoms with Gasteiger partial charge in [-0.15, -0.1) is 0 Å². The highest BCUT2D eigenvalue weighted by Crippen LogP contribution is 2.27. The average molecular weight is 249 g/mol. The summed E-state index contributed by atoms with van der Waals surface area (Å²) in [6, 6.07) is 0. The van der Waals surface area contributed by atoms with E-state index >= 15 is 0 Å². The third-order valence-electron chi connectivity index (χ3n) is 1.91. The largest absolute Gasteiger partial charge is 0.393 e. The van der Waals surface area contributed by atoms with Crippen LogP contribution in [0.4, 0.5) is 5.13 Å². The van der Waals surface area contributed by atoms with Crippen LogP contribution in [0.2, 0.25) is 5.15 Å². The molecule has 1 atom stereocenters. The fourth-order valence-corrected chi connectivity index (χ4v) is 2.06. The van der Waals surface area contributed by atoms with Gasteiger partial charge in [-0.25, -0.2) is 4.98 Å². The number of aliphatic hydroxyl groups is 1. The minimum absolute atomic E-state index is 0.244. The summed E-state index contributed by atoms with van der Waals surface area (Å²) in [5.41, 5.74) is 0. The van der Waals surface area contributed by atoms with E-state index in [9.17, 15) is 4.79 Å². The third-order valence-corrected chi connectivity index (χ3v) is 3.41. The number of nitrogens with zero attached hydrogens (tertiary/aromatic N) is 2. The number of anilines is 1. The fourth-order valence-electron chi connectivity index (χ4n) is 1.01. The number of thiazole rings is 1. The molecule has 0 fully saturated rings. The zero-order valence-electron chi connectivity index (χ0n) is 8.61. The van der Waals surface area contributed by atoms with E-state index in [2.05, 4.69) is 4.98 Å². The van der Waals surface area contributed by atoms with Crippen molar-refractivity contribution in [1.82, 2.24) is 4.98 Å². The molecule has 4 nitrogen and oxygen atoms in total. The first kappa shape index (κ1) is 12.4. The van der Waals surface area contributed by atoms with Gasteiger partial charge in [0, 0.05) is 13.6 Å². The molecule has 0 bridgehead atoms. The minimum Gasteiger partial charge on any atom is -0.393 e. The van der Waals surface area contributed by atoms with E-state index in [0.29, 0.717) is 29.3 Å². The average Bonchev–Trinajstić information content (AvgIpc) is 2.56. The first-order chi connectivity index (χ1) is 7.04. The number of rotatable bonds is 5. The zero-order valence-corrected chi connectivity index (χ0v) is 10.2. The molecule has 0 aliphatic carbocycles. The second-order valence-corrected chi connectivity index (χ2v) is 4.70. The monoisotopic (exact) mass is 248 g/mol. The van der Waals surface area contributed by atoms with E-state index < -0.39 is 0 Å². The second kappa shape index (κ2) is 5.44. The Morgan fingerprint density at radius 3 is 2.87 bits per heavy atom. The predicted octanol–water partition coefficient (Wildman–Crippen LogP) is 1.82. The molecule has 1 heterocycles. The van der Waals surface area contributed by atoms with Gasteiger partial charge in [0.2, 0.25) is 0 Å². The molecule has 6 heteroatoms. The van der Waals surface area contributed by atoms with E-state index in [4.69, 9.17) is 16.7 Å². The summed E-state index contributed by atoms with van der Waals surface area (Å²) in [7, 11) is 1.85. The van der Waals surface area contributed by atoms with Gasteiger partial charge in [0.15, 0.2) is 16.6 Å². The molecule has 1 rings (SSSR count). The lowest BCUT2D eigenvalue weighted by Gasteiger charge is -2.16. The van der Waals surface area contributed by atoms with Crippen molar-refractivity contribution in [2.45, 2.75) is 19.4 Å². The van der Waals surface area contributed by atoms with Crippen LogP contribution in [0.3, 0.4) is 0 Å². The number of hydrogen-bond donors (Lipinski definition) is 1. The summed E-state index contributed by atoms with van der Waals surface area (Å²) in [6.07, 6.45) is 1.02. The maximum absolute atomic E-state index is 10.6. The number of aliphatic hydroxyl groups excluding tert-OH is 1. The molecule has 1 aromatic rings. The van der Waals surface area contributed by atoms with Gasteiger partial charge < -0.3 is 10.0 Å². The molecular weight excluding hydrogens is 236 g/mol. The van der Waals surface area contributed by atoms with Crippen molar-refractivity contribution in [1.29, 1.82) is 0 Å². The van der Waals surface area contributed by atoms with Crippen molar-refractivity contribution in [3.63, 3.8) is 0 Å². The normalized spacial score (nSPS) is 12.5. The lowest BCUT2D eigenvalue weighted by Crippen LogP contribution is -2.21. The van der Waals surface area contributed by atoms with Gasteiger partial charge in [-0.3, -0.25) is 4.79 Å². The fraction of sp³-hybridized carbons (Fsp3) is 0.556. The molecule has 0 saturated heterocycles. The number of aldehydes is 1. The van der Waals surface area contributed by atoms with E-state index in [1.54, 1.807) is 6.92 Å². The SMILES string of the molecule is CC(O)CCN(C)c1nc(Cl)c(C=O)s1. The molecule has 0 saturated carbocycles. The molecule has 0 aliphatic rings. The molecule has 1 N–H and O–H groups in total. The van der Waals surface area contributed by atoms with Crippen LogP contribution in [-0.2, 0) is 0 Å². The van der Waals surface area contributed by atoms with Crippen LogP contribution < -0.4 is 4.90 Å². The molecule has 1 unspecified atom stereocenters. The van der Waals surface area contributed by atoms with Crippen molar-refractivity contribution in [2.75, 3.05) is 18.5 Å². The van der Waals surface area contributed by atoms with E-state index in [-0.39, 0.29) is 11.3 Å². The zero-order chi connectivity index (χ0) is 11.4. The molecule has 0 aliphatic heterocycles. The highest BCUT2D eigenvalue weighted by Gasteiger charge is 2.12. The predicted molar refractivity (Wildman–Crippen MR) is 62.1 cm³/mol. The third kappa shape index (κ3) is 3.44. The first-order valence-corrected chi connectivity index (χ1v) is 5.74. The Morgan fingerprint density at radius 2 is 2.40 bits per heavy atom. The van der Waals surface area contributed by atoms with Crippen LogP contribution >= 0.6 is 22.9 Å². The first-order valence-electron chi connectivity index (χ1n) is 4.55. The smallest absolute Gasteiger partial charge is 0.187 e. The number of halogens is 1. The lowest BCUT2D eigenvalue weighted by atomic mass is 10.3. The summed E-state index contributed by atoms with van der Waals surface area (Å²) >= 11 is 7.00. The second-order valence-electron chi connectivity index (χ2n) is 3.33. The van der Waals surface area contributed by atoms with Crippen LogP contribution in [0.1, 0.15) is 23.0 Å². The molecule has 0 radical (unpaired) electrons. The highest BCUT2D eigenvalue weighted by atomic mass is 35.5. The van der Waals surface area contributed by atoms with Crippen molar-refractivity contribution in [3.05, 3.63) is 10.0 Å². The molecule has 1 aromatic heterocycles. The van der Waals surface area contributed by atoms with Gasteiger partial charge in [0.05, 0.1) is 6.10 Å². The van der Waals surface area contributed by atoms with Gasteiger partial charge in [0.1, 0.15) is 4.88 Å². The standard InChI is InChI=1S/C9H13ClN2O2S/c1-6(14)3-4-12(2)9-11-8(10)7(5-13)15-9/h5-6,14H,3-4H2,1-2H3. The molecule has 0 spiro atoms. The molecule has 0 aromatic carbocycles. The van der Waals surface area contributed by atoms with Gasteiger partial charge in [-0.05, 0) is 13.3 Å². The van der Waals surface area contributed by atoms with Crippen LogP contribution in [0, 0.1) is 0 Å². The van der Waals surface area contributed by atoms with Gasteiger partial charge in [0.25, 0.3) is 0 Å². The van der Waals surface area contributed by atoms with Gasteiger partial charge in [-0.1, -0.05) is 22.9 Å². The van der Waals surface area contributed by atoms with E-state index in [1.165, 1.54) is 11.3 Å². The number of aromatic nitrogens is 1. The number of carbonyl (C=O) groups excluding carboxylic acids is 1. The minimum atomic E-state index is -0.339. The Labute approximate surface area is 97.5 Å². The van der Waals surface area contributed by atoms with Crippen molar-refractivity contribution < 1.29 is 9.90 Å². The van der Waals surface area contributed by atoms with Crippen LogP contribution in [0.15, 0.2) is 0 Å². The van der Waals surface area contributed by atoms with Crippen molar-refractivity contribution in [3.8, 4) is 0 Å².